The molecule has 2 N–H and O–H groups in total. The maximum Gasteiger partial charge on any atom is 0.0950 e. The van der Waals surface area contributed by atoms with Crippen LogP contribution in [0.15, 0.2) is 23.0 Å². The fourth-order valence-electron chi connectivity index (χ4n) is 2.09. The molecule has 1 aromatic rings. The highest BCUT2D eigenvalue weighted by Gasteiger charge is 2.27. The van der Waals surface area contributed by atoms with Crippen molar-refractivity contribution in [3.05, 3.63) is 24.2 Å². The highest BCUT2D eigenvalue weighted by molar-refractivity contribution is 5.11. The molecule has 90 valence electrons. The predicted octanol–water partition coefficient (Wildman–Crippen LogP) is 1.39. The lowest BCUT2D eigenvalue weighted by molar-refractivity contribution is -0.0498. The molecule has 1 aromatic heterocycles. The van der Waals surface area contributed by atoms with Crippen molar-refractivity contribution in [3.8, 4) is 0 Å². The third-order valence-electron chi connectivity index (χ3n) is 3.28. The molecule has 4 nitrogen and oxygen atoms in total. The molecule has 3 atom stereocenters. The third-order valence-corrected chi connectivity index (χ3v) is 3.28. The van der Waals surface area contributed by atoms with Gasteiger partial charge in [0, 0.05) is 30.7 Å². The fraction of sp³-hybridized carbons (Fsp3) is 0.667. The molecule has 3 unspecified atom stereocenters. The molecule has 0 radical (unpaired) electrons. The molecule has 2 heterocycles. The van der Waals surface area contributed by atoms with E-state index in [1.807, 2.05) is 13.0 Å². The number of ether oxygens (including phenoxy) is 1. The van der Waals surface area contributed by atoms with Crippen LogP contribution in [0.1, 0.15) is 25.5 Å². The van der Waals surface area contributed by atoms with Crippen LogP contribution in [0.4, 0.5) is 0 Å². The van der Waals surface area contributed by atoms with Crippen LogP contribution in [-0.4, -0.2) is 36.7 Å². The van der Waals surface area contributed by atoms with E-state index in [1.54, 1.807) is 12.5 Å². The summed E-state index contributed by atoms with van der Waals surface area (Å²) < 4.78 is 10.8. The van der Waals surface area contributed by atoms with Crippen molar-refractivity contribution in [1.82, 2.24) is 4.90 Å². The average molecular weight is 224 g/mol. The highest BCUT2D eigenvalue weighted by atomic mass is 16.5. The van der Waals surface area contributed by atoms with Gasteiger partial charge in [-0.25, -0.2) is 0 Å². The smallest absolute Gasteiger partial charge is 0.0950 e. The van der Waals surface area contributed by atoms with Crippen LogP contribution in [0.25, 0.3) is 0 Å². The lowest BCUT2D eigenvalue weighted by Gasteiger charge is -2.37. The molecular weight excluding hydrogens is 204 g/mol. The number of furan rings is 1. The van der Waals surface area contributed by atoms with Crippen molar-refractivity contribution in [2.75, 3.05) is 19.7 Å². The second-order valence-corrected chi connectivity index (χ2v) is 4.50. The zero-order valence-corrected chi connectivity index (χ0v) is 9.93. The van der Waals surface area contributed by atoms with Crippen molar-refractivity contribution in [2.45, 2.75) is 32.0 Å². The van der Waals surface area contributed by atoms with Crippen molar-refractivity contribution >= 4 is 0 Å². The van der Waals surface area contributed by atoms with E-state index in [4.69, 9.17) is 14.9 Å². The van der Waals surface area contributed by atoms with E-state index >= 15 is 0 Å². The summed E-state index contributed by atoms with van der Waals surface area (Å²) >= 11 is 0. The maximum absolute atomic E-state index is 5.88. The number of rotatable bonds is 3. The summed E-state index contributed by atoms with van der Waals surface area (Å²) in [6, 6.07) is 2.46. The molecule has 4 heteroatoms. The number of hydrogen-bond acceptors (Lipinski definition) is 4. The van der Waals surface area contributed by atoms with Crippen LogP contribution in [0, 0.1) is 0 Å². The number of morpholine rings is 1. The lowest BCUT2D eigenvalue weighted by atomic mass is 10.1. The number of nitrogens with zero attached hydrogens (tertiary/aromatic N) is 1. The third kappa shape index (κ3) is 2.45. The molecule has 0 bridgehead atoms. The molecular formula is C12H20N2O2. The zero-order valence-electron chi connectivity index (χ0n) is 9.93. The van der Waals surface area contributed by atoms with Crippen molar-refractivity contribution in [1.29, 1.82) is 0 Å². The normalized spacial score (nSPS) is 26.6. The Balaban J connectivity index is 1.99. The molecule has 1 aliphatic rings. The first-order chi connectivity index (χ1) is 7.68. The van der Waals surface area contributed by atoms with Gasteiger partial charge in [0.15, 0.2) is 0 Å². The topological polar surface area (TPSA) is 51.6 Å². The Morgan fingerprint density at radius 1 is 1.50 bits per heavy atom. The summed E-state index contributed by atoms with van der Waals surface area (Å²) in [6.45, 7) is 6.79. The standard InChI is InChI=1S/C12H20N2O2/c1-9(13)12-7-14(4-6-16-12)10(2)11-3-5-15-8-11/h3,5,8-10,12H,4,6-7,13H2,1-2H3. The molecule has 0 aromatic carbocycles. The van der Waals surface area contributed by atoms with Gasteiger partial charge in [-0.3, -0.25) is 4.90 Å². The van der Waals surface area contributed by atoms with Gasteiger partial charge in [0.05, 0.1) is 25.2 Å². The van der Waals surface area contributed by atoms with Gasteiger partial charge in [0.2, 0.25) is 0 Å². The van der Waals surface area contributed by atoms with Gasteiger partial charge >= 0.3 is 0 Å². The summed E-state index contributed by atoms with van der Waals surface area (Å²) in [5, 5.41) is 0. The minimum Gasteiger partial charge on any atom is -0.472 e. The summed E-state index contributed by atoms with van der Waals surface area (Å²) in [6.07, 6.45) is 3.67. The van der Waals surface area contributed by atoms with Gasteiger partial charge < -0.3 is 14.9 Å². The number of nitrogens with two attached hydrogens (primary N) is 1. The maximum atomic E-state index is 5.88. The first-order valence-corrected chi connectivity index (χ1v) is 5.82. The SMILES string of the molecule is CC(N)C1CN(C(C)c2ccoc2)CCO1. The molecule has 1 saturated heterocycles. The minimum atomic E-state index is 0.0827. The largest absolute Gasteiger partial charge is 0.472 e. The van der Waals surface area contributed by atoms with Crippen LogP contribution in [0.5, 0.6) is 0 Å². The van der Waals surface area contributed by atoms with Crippen molar-refractivity contribution < 1.29 is 9.15 Å². The minimum absolute atomic E-state index is 0.0827. The van der Waals surface area contributed by atoms with Gasteiger partial charge in [-0.2, -0.15) is 0 Å². The van der Waals surface area contributed by atoms with E-state index in [0.29, 0.717) is 6.04 Å². The fourth-order valence-corrected chi connectivity index (χ4v) is 2.09. The van der Waals surface area contributed by atoms with Crippen LogP contribution in [0.2, 0.25) is 0 Å². The van der Waals surface area contributed by atoms with E-state index in [0.717, 1.165) is 19.7 Å². The second kappa shape index (κ2) is 4.99. The van der Waals surface area contributed by atoms with E-state index < -0.39 is 0 Å². The first kappa shape index (κ1) is 11.6. The Labute approximate surface area is 96.4 Å². The lowest BCUT2D eigenvalue weighted by Crippen LogP contribution is -2.50. The van der Waals surface area contributed by atoms with Gasteiger partial charge in [-0.05, 0) is 19.9 Å². The Kier molecular flexibility index (Phi) is 3.63. The monoisotopic (exact) mass is 224 g/mol. The predicted molar refractivity (Wildman–Crippen MR) is 62.1 cm³/mol. The van der Waals surface area contributed by atoms with Crippen molar-refractivity contribution in [2.24, 2.45) is 5.73 Å². The molecule has 2 rings (SSSR count). The van der Waals surface area contributed by atoms with E-state index in [9.17, 15) is 0 Å². The van der Waals surface area contributed by atoms with Crippen LogP contribution in [-0.2, 0) is 4.74 Å². The zero-order chi connectivity index (χ0) is 11.5. The van der Waals surface area contributed by atoms with Gasteiger partial charge in [-0.1, -0.05) is 0 Å². The van der Waals surface area contributed by atoms with Gasteiger partial charge in [-0.15, -0.1) is 0 Å². The quantitative estimate of drug-likeness (QED) is 0.843. The molecule has 0 amide bonds. The Bertz CT molecular complexity index is 311. The van der Waals surface area contributed by atoms with E-state index in [1.165, 1.54) is 5.56 Å². The molecule has 1 aliphatic heterocycles. The molecule has 0 spiro atoms. The average Bonchev–Trinajstić information content (AvgIpc) is 2.81. The molecule has 16 heavy (non-hydrogen) atoms. The van der Waals surface area contributed by atoms with Gasteiger partial charge in [0.25, 0.3) is 0 Å². The van der Waals surface area contributed by atoms with E-state index in [2.05, 4.69) is 11.8 Å². The van der Waals surface area contributed by atoms with Crippen molar-refractivity contribution in [3.63, 3.8) is 0 Å². The van der Waals surface area contributed by atoms with E-state index in [-0.39, 0.29) is 12.1 Å². The van der Waals surface area contributed by atoms with Crippen LogP contribution < -0.4 is 5.73 Å². The number of hydrogen-bond donors (Lipinski definition) is 1. The summed E-state index contributed by atoms with van der Waals surface area (Å²) in [7, 11) is 0. The summed E-state index contributed by atoms with van der Waals surface area (Å²) in [5.74, 6) is 0. The molecule has 0 saturated carbocycles. The summed E-state index contributed by atoms with van der Waals surface area (Å²) in [5.41, 5.74) is 7.09. The second-order valence-electron chi connectivity index (χ2n) is 4.50. The first-order valence-electron chi connectivity index (χ1n) is 5.82. The van der Waals surface area contributed by atoms with Crippen LogP contribution in [0.3, 0.4) is 0 Å². The Morgan fingerprint density at radius 3 is 2.94 bits per heavy atom. The molecule has 0 aliphatic carbocycles. The van der Waals surface area contributed by atoms with Crippen LogP contribution >= 0.6 is 0 Å². The summed E-state index contributed by atoms with van der Waals surface area (Å²) in [4.78, 5) is 2.39. The molecule has 1 fully saturated rings. The van der Waals surface area contributed by atoms with Gasteiger partial charge in [0.1, 0.15) is 0 Å². The highest BCUT2D eigenvalue weighted by Crippen LogP contribution is 2.23. The Hall–Kier alpha value is -0.840. The Morgan fingerprint density at radius 2 is 2.31 bits per heavy atom.